The topological polar surface area (TPSA) is 47.8 Å². The number of benzene rings is 2. The fourth-order valence-corrected chi connectivity index (χ4v) is 4.51. The Hall–Kier alpha value is -2.77. The van der Waals surface area contributed by atoms with Gasteiger partial charge in [0.1, 0.15) is 5.82 Å². The van der Waals surface area contributed by atoms with Crippen LogP contribution in [0.25, 0.3) is 16.4 Å². The van der Waals surface area contributed by atoms with Crippen molar-refractivity contribution in [3.8, 4) is 16.4 Å². The van der Waals surface area contributed by atoms with E-state index in [0.717, 1.165) is 22.0 Å². The molecule has 4 aromatic rings. The van der Waals surface area contributed by atoms with Crippen LogP contribution in [0.15, 0.2) is 65.1 Å². The fraction of sp³-hybridized carbons (Fsp3) is 0.136. The number of thiophene rings is 1. The molecule has 4 nitrogen and oxygen atoms in total. The van der Waals surface area contributed by atoms with E-state index in [1.54, 1.807) is 11.3 Å². The lowest BCUT2D eigenvalue weighted by molar-refractivity contribution is 0.102. The Labute approximate surface area is 176 Å². The fourth-order valence-electron chi connectivity index (χ4n) is 2.97. The van der Waals surface area contributed by atoms with Crippen LogP contribution in [-0.2, 0) is 0 Å². The third-order valence-corrected chi connectivity index (χ3v) is 6.49. The minimum atomic E-state index is -0.357. The number of rotatable bonds is 6. The van der Waals surface area contributed by atoms with Gasteiger partial charge in [-0.15, -0.1) is 21.5 Å². The molecule has 0 fully saturated rings. The van der Waals surface area contributed by atoms with E-state index in [1.165, 1.54) is 41.6 Å². The van der Waals surface area contributed by atoms with Crippen LogP contribution in [0.3, 0.4) is 0 Å². The SMILES string of the molecule is Cc1cccc(-n2c(SCC(=O)c3ccc(F)cc3)nnc2-c2cccs2)c1C. The van der Waals surface area contributed by atoms with Gasteiger partial charge in [0.05, 0.1) is 16.3 Å². The van der Waals surface area contributed by atoms with Crippen LogP contribution >= 0.6 is 23.1 Å². The van der Waals surface area contributed by atoms with E-state index in [0.29, 0.717) is 10.7 Å². The molecular formula is C22H18FN3OS2. The summed E-state index contributed by atoms with van der Waals surface area (Å²) < 4.78 is 15.1. The van der Waals surface area contributed by atoms with Gasteiger partial charge in [0.2, 0.25) is 0 Å². The highest BCUT2D eigenvalue weighted by Crippen LogP contribution is 2.32. The summed E-state index contributed by atoms with van der Waals surface area (Å²) in [5.41, 5.74) is 3.79. The number of halogens is 1. The van der Waals surface area contributed by atoms with Crippen molar-refractivity contribution in [2.24, 2.45) is 0 Å². The van der Waals surface area contributed by atoms with E-state index < -0.39 is 0 Å². The van der Waals surface area contributed by atoms with Crippen LogP contribution in [0.4, 0.5) is 4.39 Å². The second-order valence-corrected chi connectivity index (χ2v) is 8.45. The van der Waals surface area contributed by atoms with E-state index in [2.05, 4.69) is 30.1 Å². The molecule has 0 aliphatic heterocycles. The molecule has 0 aliphatic rings. The lowest BCUT2D eigenvalue weighted by Gasteiger charge is -2.13. The summed E-state index contributed by atoms with van der Waals surface area (Å²) in [7, 11) is 0. The van der Waals surface area contributed by atoms with Crippen molar-refractivity contribution in [3.63, 3.8) is 0 Å². The van der Waals surface area contributed by atoms with Crippen LogP contribution in [0.1, 0.15) is 21.5 Å². The summed E-state index contributed by atoms with van der Waals surface area (Å²) in [6.45, 7) is 4.14. The number of aryl methyl sites for hydroxylation is 1. The molecule has 29 heavy (non-hydrogen) atoms. The number of nitrogens with zero attached hydrogens (tertiary/aromatic N) is 3. The largest absolute Gasteiger partial charge is 0.293 e. The van der Waals surface area contributed by atoms with Crippen molar-refractivity contribution in [2.75, 3.05) is 5.75 Å². The molecule has 7 heteroatoms. The second kappa shape index (κ2) is 8.31. The molecule has 146 valence electrons. The van der Waals surface area contributed by atoms with Crippen molar-refractivity contribution < 1.29 is 9.18 Å². The normalized spacial score (nSPS) is 11.0. The summed E-state index contributed by atoms with van der Waals surface area (Å²) >= 11 is 2.93. The van der Waals surface area contributed by atoms with Crippen molar-refractivity contribution >= 4 is 28.9 Å². The summed E-state index contributed by atoms with van der Waals surface area (Å²) in [4.78, 5) is 13.5. The van der Waals surface area contributed by atoms with Crippen LogP contribution in [0.5, 0.6) is 0 Å². The third-order valence-electron chi connectivity index (χ3n) is 4.69. The Morgan fingerprint density at radius 1 is 1.07 bits per heavy atom. The quantitative estimate of drug-likeness (QED) is 0.294. The first kappa shape index (κ1) is 19.5. The lowest BCUT2D eigenvalue weighted by Crippen LogP contribution is -2.06. The summed E-state index contributed by atoms with van der Waals surface area (Å²) in [5, 5.41) is 11.4. The van der Waals surface area contributed by atoms with Gasteiger partial charge < -0.3 is 0 Å². The summed E-state index contributed by atoms with van der Waals surface area (Å²) in [5.74, 6) is 0.511. The highest BCUT2D eigenvalue weighted by molar-refractivity contribution is 7.99. The molecule has 0 spiro atoms. The maximum atomic E-state index is 13.1. The second-order valence-electron chi connectivity index (χ2n) is 6.56. The minimum absolute atomic E-state index is 0.0804. The van der Waals surface area contributed by atoms with E-state index in [1.807, 2.05) is 34.2 Å². The Morgan fingerprint density at radius 3 is 2.59 bits per heavy atom. The van der Waals surface area contributed by atoms with Crippen LogP contribution < -0.4 is 0 Å². The average molecular weight is 424 g/mol. The third kappa shape index (κ3) is 4.02. The molecule has 2 aromatic heterocycles. The van der Waals surface area contributed by atoms with Crippen molar-refractivity contribution in [1.82, 2.24) is 14.8 Å². The molecule has 0 saturated carbocycles. The number of thioether (sulfide) groups is 1. The van der Waals surface area contributed by atoms with Gasteiger partial charge in [-0.05, 0) is 66.8 Å². The monoisotopic (exact) mass is 423 g/mol. The summed E-state index contributed by atoms with van der Waals surface area (Å²) in [6.07, 6.45) is 0. The van der Waals surface area contributed by atoms with Gasteiger partial charge in [-0.1, -0.05) is 30.0 Å². The minimum Gasteiger partial charge on any atom is -0.293 e. The van der Waals surface area contributed by atoms with Gasteiger partial charge in [0.15, 0.2) is 16.8 Å². The maximum Gasteiger partial charge on any atom is 0.196 e. The molecule has 2 heterocycles. The van der Waals surface area contributed by atoms with E-state index in [9.17, 15) is 9.18 Å². The first-order valence-electron chi connectivity index (χ1n) is 9.02. The number of aromatic nitrogens is 3. The average Bonchev–Trinajstić information content (AvgIpc) is 3.38. The van der Waals surface area contributed by atoms with Gasteiger partial charge >= 0.3 is 0 Å². The Balaban J connectivity index is 1.69. The number of carbonyl (C=O) groups is 1. The molecule has 0 unspecified atom stereocenters. The number of ketones is 1. The first-order valence-corrected chi connectivity index (χ1v) is 10.9. The van der Waals surface area contributed by atoms with Crippen molar-refractivity contribution in [1.29, 1.82) is 0 Å². The van der Waals surface area contributed by atoms with Gasteiger partial charge in [-0.2, -0.15) is 0 Å². The molecule has 2 aromatic carbocycles. The molecule has 0 radical (unpaired) electrons. The molecule has 0 bridgehead atoms. The molecule has 0 N–H and O–H groups in total. The highest BCUT2D eigenvalue weighted by Gasteiger charge is 2.20. The van der Waals surface area contributed by atoms with Crippen LogP contribution in [0, 0.1) is 19.7 Å². The number of hydrogen-bond donors (Lipinski definition) is 0. The molecule has 0 atom stereocenters. The van der Waals surface area contributed by atoms with Crippen molar-refractivity contribution in [2.45, 2.75) is 19.0 Å². The molecular weight excluding hydrogens is 405 g/mol. The number of carbonyl (C=O) groups excluding carboxylic acids is 1. The molecule has 4 rings (SSSR count). The predicted molar refractivity (Wildman–Crippen MR) is 116 cm³/mol. The first-order chi connectivity index (χ1) is 14.0. The number of hydrogen-bond acceptors (Lipinski definition) is 5. The van der Waals surface area contributed by atoms with Crippen LogP contribution in [-0.4, -0.2) is 26.3 Å². The Morgan fingerprint density at radius 2 is 1.86 bits per heavy atom. The highest BCUT2D eigenvalue weighted by atomic mass is 32.2. The van der Waals surface area contributed by atoms with Gasteiger partial charge in [-0.25, -0.2) is 4.39 Å². The molecule has 0 aliphatic carbocycles. The maximum absolute atomic E-state index is 13.1. The molecule has 0 amide bonds. The smallest absolute Gasteiger partial charge is 0.196 e. The van der Waals surface area contributed by atoms with Crippen molar-refractivity contribution in [3.05, 3.63) is 82.5 Å². The zero-order valence-electron chi connectivity index (χ0n) is 15.9. The van der Waals surface area contributed by atoms with E-state index >= 15 is 0 Å². The summed E-state index contributed by atoms with van der Waals surface area (Å²) in [6, 6.07) is 15.7. The van der Waals surface area contributed by atoms with Crippen LogP contribution in [0.2, 0.25) is 0 Å². The van der Waals surface area contributed by atoms with Gasteiger partial charge in [0, 0.05) is 5.56 Å². The van der Waals surface area contributed by atoms with Gasteiger partial charge in [0.25, 0.3) is 0 Å². The molecule has 0 saturated heterocycles. The van der Waals surface area contributed by atoms with E-state index in [-0.39, 0.29) is 17.4 Å². The van der Waals surface area contributed by atoms with E-state index in [4.69, 9.17) is 0 Å². The number of Topliss-reactive ketones (excluding diaryl/α,β-unsaturated/α-hetero) is 1. The van der Waals surface area contributed by atoms with Gasteiger partial charge in [-0.3, -0.25) is 9.36 Å². The predicted octanol–water partition coefficient (Wildman–Crippen LogP) is 5.73. The lowest BCUT2D eigenvalue weighted by atomic mass is 10.1. The Bertz CT molecular complexity index is 1150. The zero-order valence-corrected chi connectivity index (χ0v) is 17.6. The zero-order chi connectivity index (χ0) is 20.4. The Kier molecular flexibility index (Phi) is 5.60. The standard InChI is InChI=1S/C22H18FN3OS2/c1-14-5-3-6-18(15(14)2)26-21(20-7-4-12-28-20)24-25-22(26)29-13-19(27)16-8-10-17(23)11-9-16/h3-12H,13H2,1-2H3.